The Morgan fingerprint density at radius 2 is 1.07 bits per heavy atom. The zero-order chi connectivity index (χ0) is 20.1. The van der Waals surface area contributed by atoms with E-state index in [9.17, 15) is 0 Å². The summed E-state index contributed by atoms with van der Waals surface area (Å²) < 4.78 is 2.46. The van der Waals surface area contributed by atoms with Crippen LogP contribution in [0, 0.1) is 0 Å². The van der Waals surface area contributed by atoms with Crippen molar-refractivity contribution in [3.63, 3.8) is 0 Å². The van der Waals surface area contributed by atoms with Crippen LogP contribution in [0.5, 0.6) is 0 Å². The molecule has 0 aliphatic heterocycles. The lowest BCUT2D eigenvalue weighted by molar-refractivity contribution is 1.63. The Morgan fingerprint density at radius 3 is 1.77 bits per heavy atom. The molecule has 142 valence electrons. The van der Waals surface area contributed by atoms with E-state index in [-0.39, 0.29) is 0 Å². The summed E-state index contributed by atoms with van der Waals surface area (Å²) in [5.41, 5.74) is 3.85. The lowest BCUT2D eigenvalue weighted by atomic mass is 9.92. The first-order valence-corrected chi connectivity index (χ1v) is 11.6. The molecule has 0 aliphatic rings. The van der Waals surface area contributed by atoms with Crippen LogP contribution in [0.1, 0.15) is 0 Å². The van der Waals surface area contributed by atoms with Crippen molar-refractivity contribution in [2.75, 3.05) is 0 Å². The zero-order valence-corrected chi connectivity index (χ0v) is 18.5. The highest BCUT2D eigenvalue weighted by molar-refractivity contribution is 9.10. The van der Waals surface area contributed by atoms with Crippen molar-refractivity contribution in [1.29, 1.82) is 0 Å². The van der Waals surface area contributed by atoms with E-state index >= 15 is 0 Å². The normalized spacial score (nSPS) is 11.5. The first-order valence-electron chi connectivity index (χ1n) is 9.98. The maximum Gasteiger partial charge on any atom is 0.0440 e. The second-order valence-electron chi connectivity index (χ2n) is 7.47. The molecule has 5 aromatic carbocycles. The summed E-state index contributed by atoms with van der Waals surface area (Å²) in [7, 11) is 0. The van der Waals surface area contributed by atoms with Crippen LogP contribution in [0.25, 0.3) is 53.2 Å². The van der Waals surface area contributed by atoms with E-state index in [1.807, 2.05) is 11.3 Å². The van der Waals surface area contributed by atoms with Gasteiger partial charge in [0.1, 0.15) is 0 Å². The lowest BCUT2D eigenvalue weighted by Gasteiger charge is -2.10. The van der Waals surface area contributed by atoms with Crippen LogP contribution in [0.15, 0.2) is 108 Å². The molecule has 6 aromatic rings. The van der Waals surface area contributed by atoms with Gasteiger partial charge in [-0.3, -0.25) is 0 Å². The molecule has 0 bridgehead atoms. The summed E-state index contributed by atoms with van der Waals surface area (Å²) in [4.78, 5) is 1.32. The van der Waals surface area contributed by atoms with Gasteiger partial charge in [0, 0.05) is 30.4 Å². The quantitative estimate of drug-likeness (QED) is 0.224. The molecule has 0 saturated carbocycles. The third kappa shape index (κ3) is 2.72. The van der Waals surface area contributed by atoms with Gasteiger partial charge in [-0.05, 0) is 39.4 Å². The average molecular weight is 465 g/mol. The summed E-state index contributed by atoms with van der Waals surface area (Å²) >= 11 is 5.49. The number of hydrogen-bond donors (Lipinski definition) is 0. The van der Waals surface area contributed by atoms with Crippen molar-refractivity contribution in [3.8, 4) is 21.6 Å². The molecule has 0 aliphatic carbocycles. The minimum Gasteiger partial charge on any atom is -0.134 e. The fourth-order valence-corrected chi connectivity index (χ4v) is 6.06. The molecule has 0 atom stereocenters. The molecule has 0 radical (unpaired) electrons. The van der Waals surface area contributed by atoms with Crippen LogP contribution in [-0.2, 0) is 0 Å². The van der Waals surface area contributed by atoms with Crippen LogP contribution in [0.2, 0.25) is 0 Å². The predicted molar refractivity (Wildman–Crippen MR) is 135 cm³/mol. The van der Waals surface area contributed by atoms with Crippen LogP contribution in [0.4, 0.5) is 0 Å². The van der Waals surface area contributed by atoms with Gasteiger partial charge in [-0.25, -0.2) is 0 Å². The maximum absolute atomic E-state index is 3.58. The molecule has 30 heavy (non-hydrogen) atoms. The third-order valence-electron chi connectivity index (χ3n) is 5.74. The Bertz CT molecular complexity index is 1530. The van der Waals surface area contributed by atoms with Gasteiger partial charge in [0.25, 0.3) is 0 Å². The van der Waals surface area contributed by atoms with Gasteiger partial charge in [-0.2, -0.15) is 0 Å². The molecule has 0 amide bonds. The highest BCUT2D eigenvalue weighted by Crippen LogP contribution is 2.50. The monoisotopic (exact) mass is 464 g/mol. The molecular weight excluding hydrogens is 448 g/mol. The van der Waals surface area contributed by atoms with E-state index < -0.39 is 0 Å². The van der Waals surface area contributed by atoms with Gasteiger partial charge in [0.05, 0.1) is 0 Å². The van der Waals surface area contributed by atoms with Gasteiger partial charge >= 0.3 is 0 Å². The van der Waals surface area contributed by atoms with Crippen molar-refractivity contribution in [3.05, 3.63) is 108 Å². The fraction of sp³-hybridized carbons (Fsp3) is 0. The standard InChI is InChI=1S/C28H17BrS/c29-20-16-14-19(15-17-20)27-25(18-8-2-1-3-9-18)26-23-12-6-4-10-21(23)22-11-5-7-13-24(22)28(26)30-27/h1-17H. The number of rotatable bonds is 2. The van der Waals surface area contributed by atoms with Gasteiger partial charge in [-0.15, -0.1) is 11.3 Å². The molecule has 0 nitrogen and oxygen atoms in total. The van der Waals surface area contributed by atoms with Crippen LogP contribution in [0.3, 0.4) is 0 Å². The number of thiophene rings is 1. The summed E-state index contributed by atoms with van der Waals surface area (Å²) in [6.07, 6.45) is 0. The van der Waals surface area contributed by atoms with E-state index in [2.05, 4.69) is 119 Å². The number of halogens is 1. The highest BCUT2D eigenvalue weighted by atomic mass is 79.9. The first kappa shape index (κ1) is 17.9. The Labute approximate surface area is 187 Å². The van der Waals surface area contributed by atoms with E-state index in [1.165, 1.54) is 53.2 Å². The zero-order valence-electron chi connectivity index (χ0n) is 16.1. The maximum atomic E-state index is 3.58. The second kappa shape index (κ2) is 7.09. The van der Waals surface area contributed by atoms with Crippen molar-refractivity contribution in [1.82, 2.24) is 0 Å². The van der Waals surface area contributed by atoms with E-state index in [0.29, 0.717) is 0 Å². The van der Waals surface area contributed by atoms with Crippen LogP contribution in [-0.4, -0.2) is 0 Å². The topological polar surface area (TPSA) is 0 Å². The van der Waals surface area contributed by atoms with Gasteiger partial charge in [-0.1, -0.05) is 107 Å². The minimum atomic E-state index is 1.10. The highest BCUT2D eigenvalue weighted by Gasteiger charge is 2.20. The average Bonchev–Trinajstić information content (AvgIpc) is 3.21. The summed E-state index contributed by atoms with van der Waals surface area (Å²) in [5, 5.41) is 6.65. The summed E-state index contributed by atoms with van der Waals surface area (Å²) in [6, 6.07) is 37.1. The third-order valence-corrected chi connectivity index (χ3v) is 7.54. The predicted octanol–water partition coefficient (Wildman–Crippen LogP) is 9.30. The van der Waals surface area contributed by atoms with Gasteiger partial charge < -0.3 is 0 Å². The molecule has 0 saturated heterocycles. The number of benzene rings is 5. The van der Waals surface area contributed by atoms with E-state index in [0.717, 1.165) is 4.47 Å². The molecule has 0 N–H and O–H groups in total. The Hall–Kier alpha value is -2.94. The Balaban J connectivity index is 1.87. The smallest absolute Gasteiger partial charge is 0.0440 e. The molecule has 0 unspecified atom stereocenters. The van der Waals surface area contributed by atoms with E-state index in [1.54, 1.807) is 0 Å². The Kier molecular flexibility index (Phi) is 4.22. The summed E-state index contributed by atoms with van der Waals surface area (Å²) in [6.45, 7) is 0. The van der Waals surface area contributed by atoms with Gasteiger partial charge in [0.2, 0.25) is 0 Å². The summed E-state index contributed by atoms with van der Waals surface area (Å²) in [5.74, 6) is 0. The lowest BCUT2D eigenvalue weighted by Crippen LogP contribution is -1.83. The van der Waals surface area contributed by atoms with Crippen molar-refractivity contribution < 1.29 is 0 Å². The van der Waals surface area contributed by atoms with Crippen molar-refractivity contribution >= 4 is 58.9 Å². The molecule has 0 spiro atoms. The van der Waals surface area contributed by atoms with Crippen molar-refractivity contribution in [2.24, 2.45) is 0 Å². The molecular formula is C28H17BrS. The SMILES string of the molecule is Brc1ccc(-c2sc3c4ccccc4c4ccccc4c3c2-c2ccccc2)cc1. The first-order chi connectivity index (χ1) is 14.8. The molecule has 2 heteroatoms. The van der Waals surface area contributed by atoms with Gasteiger partial charge in [0.15, 0.2) is 0 Å². The second-order valence-corrected chi connectivity index (χ2v) is 9.41. The van der Waals surface area contributed by atoms with Crippen molar-refractivity contribution in [2.45, 2.75) is 0 Å². The molecule has 0 fully saturated rings. The van der Waals surface area contributed by atoms with E-state index in [4.69, 9.17) is 0 Å². The largest absolute Gasteiger partial charge is 0.134 e. The number of fused-ring (bicyclic) bond motifs is 6. The van der Waals surface area contributed by atoms with Crippen LogP contribution >= 0.6 is 27.3 Å². The Morgan fingerprint density at radius 1 is 0.500 bits per heavy atom. The molecule has 1 aromatic heterocycles. The minimum absolute atomic E-state index is 1.10. The number of hydrogen-bond acceptors (Lipinski definition) is 1. The van der Waals surface area contributed by atoms with Crippen LogP contribution < -0.4 is 0 Å². The molecule has 1 heterocycles. The molecule has 6 rings (SSSR count). The fourth-order valence-electron chi connectivity index (χ4n) is 4.41.